The Labute approximate surface area is 159 Å². The first-order valence-electron chi connectivity index (χ1n) is 8.41. The van der Waals surface area contributed by atoms with Crippen LogP contribution in [0.1, 0.15) is 39.0 Å². The van der Waals surface area contributed by atoms with Crippen molar-refractivity contribution in [3.05, 3.63) is 29.6 Å². The van der Waals surface area contributed by atoms with E-state index in [1.54, 1.807) is 0 Å². The molecule has 0 fully saturated rings. The fourth-order valence-electron chi connectivity index (χ4n) is 2.32. The zero-order valence-corrected chi connectivity index (χ0v) is 16.1. The molecule has 2 rings (SSSR count). The van der Waals surface area contributed by atoms with Gasteiger partial charge in [-0.15, -0.1) is 23.7 Å². The molecule has 1 heterocycles. The van der Waals surface area contributed by atoms with Crippen molar-refractivity contribution in [2.24, 2.45) is 5.73 Å². The van der Waals surface area contributed by atoms with Crippen LogP contribution in [-0.4, -0.2) is 24.0 Å². The average molecular weight is 384 g/mol. The maximum atomic E-state index is 11.9. The van der Waals surface area contributed by atoms with Gasteiger partial charge in [0.05, 0.1) is 12.3 Å². The van der Waals surface area contributed by atoms with E-state index in [-0.39, 0.29) is 18.3 Å². The zero-order chi connectivity index (χ0) is 17.2. The standard InChI is InChI=1S/C18H25N3O2S.ClH/c1-2-23-15-10-8-14(9-11-15)16-13-24-18(20-16)21-17(22)7-5-3-4-6-12-19;/h8-11,13H,2-7,12,19H2,1H3,(H,20,21,22);1H. The third-order valence-electron chi connectivity index (χ3n) is 3.57. The highest BCUT2D eigenvalue weighted by atomic mass is 35.5. The Kier molecular flexibility index (Phi) is 10.1. The molecule has 25 heavy (non-hydrogen) atoms. The Morgan fingerprint density at radius 2 is 1.92 bits per heavy atom. The Bertz CT molecular complexity index is 632. The number of hydrogen-bond acceptors (Lipinski definition) is 5. The largest absolute Gasteiger partial charge is 0.494 e. The van der Waals surface area contributed by atoms with Crippen LogP contribution in [0.15, 0.2) is 29.6 Å². The Balaban J connectivity index is 0.00000312. The highest BCUT2D eigenvalue weighted by Gasteiger charge is 2.08. The SMILES string of the molecule is CCOc1ccc(-c2csc(NC(=O)CCCCCCN)n2)cc1.Cl. The van der Waals surface area contributed by atoms with Gasteiger partial charge in [0.2, 0.25) is 5.91 Å². The molecular formula is C18H26ClN3O2S. The molecule has 138 valence electrons. The smallest absolute Gasteiger partial charge is 0.226 e. The van der Waals surface area contributed by atoms with Crippen molar-refractivity contribution in [1.82, 2.24) is 4.98 Å². The number of ether oxygens (including phenoxy) is 1. The lowest BCUT2D eigenvalue weighted by atomic mass is 10.1. The van der Waals surface area contributed by atoms with Gasteiger partial charge < -0.3 is 15.8 Å². The Morgan fingerprint density at radius 1 is 1.20 bits per heavy atom. The van der Waals surface area contributed by atoms with Gasteiger partial charge in [0.1, 0.15) is 5.75 Å². The summed E-state index contributed by atoms with van der Waals surface area (Å²) in [6.07, 6.45) is 4.58. The number of nitrogens with zero attached hydrogens (tertiary/aromatic N) is 1. The predicted molar refractivity (Wildman–Crippen MR) is 107 cm³/mol. The van der Waals surface area contributed by atoms with Crippen LogP contribution >= 0.6 is 23.7 Å². The first-order chi connectivity index (χ1) is 11.7. The lowest BCUT2D eigenvalue weighted by Gasteiger charge is -2.03. The van der Waals surface area contributed by atoms with Crippen LogP contribution in [0.5, 0.6) is 5.75 Å². The summed E-state index contributed by atoms with van der Waals surface area (Å²) in [4.78, 5) is 16.4. The lowest BCUT2D eigenvalue weighted by molar-refractivity contribution is -0.116. The van der Waals surface area contributed by atoms with E-state index in [0.717, 1.165) is 49.2 Å². The molecule has 0 aliphatic carbocycles. The highest BCUT2D eigenvalue weighted by Crippen LogP contribution is 2.26. The average Bonchev–Trinajstić information content (AvgIpc) is 3.04. The molecule has 7 heteroatoms. The quantitative estimate of drug-likeness (QED) is 0.593. The maximum Gasteiger partial charge on any atom is 0.226 e. The number of rotatable bonds is 10. The number of anilines is 1. The van der Waals surface area contributed by atoms with E-state index >= 15 is 0 Å². The van der Waals surface area contributed by atoms with Crippen LogP contribution in [0.2, 0.25) is 0 Å². The van der Waals surface area contributed by atoms with Crippen molar-refractivity contribution in [2.75, 3.05) is 18.5 Å². The zero-order valence-electron chi connectivity index (χ0n) is 14.5. The minimum atomic E-state index is 0. The molecule has 0 saturated heterocycles. The van der Waals surface area contributed by atoms with Crippen LogP contribution in [-0.2, 0) is 4.79 Å². The van der Waals surface area contributed by atoms with Crippen LogP contribution in [0.25, 0.3) is 11.3 Å². The van der Waals surface area contributed by atoms with Crippen molar-refractivity contribution in [1.29, 1.82) is 0 Å². The second kappa shape index (κ2) is 11.8. The molecule has 0 aliphatic rings. The molecule has 1 aromatic heterocycles. The third kappa shape index (κ3) is 7.42. The fourth-order valence-corrected chi connectivity index (χ4v) is 3.05. The normalized spacial score (nSPS) is 10.2. The van der Waals surface area contributed by atoms with Gasteiger partial charge in [-0.05, 0) is 50.6 Å². The number of halogens is 1. The van der Waals surface area contributed by atoms with Gasteiger partial charge in [-0.3, -0.25) is 4.79 Å². The number of carbonyl (C=O) groups is 1. The molecule has 0 atom stereocenters. The van der Waals surface area contributed by atoms with E-state index in [4.69, 9.17) is 10.5 Å². The fraction of sp³-hybridized carbons (Fsp3) is 0.444. The molecular weight excluding hydrogens is 358 g/mol. The van der Waals surface area contributed by atoms with Crippen molar-refractivity contribution < 1.29 is 9.53 Å². The summed E-state index contributed by atoms with van der Waals surface area (Å²) in [7, 11) is 0. The van der Waals surface area contributed by atoms with E-state index in [1.807, 2.05) is 36.6 Å². The number of amides is 1. The van der Waals surface area contributed by atoms with Gasteiger partial charge >= 0.3 is 0 Å². The second-order valence-corrected chi connectivity index (χ2v) is 6.35. The van der Waals surface area contributed by atoms with Gasteiger partial charge in [-0.1, -0.05) is 12.8 Å². The molecule has 0 radical (unpaired) electrons. The van der Waals surface area contributed by atoms with Crippen molar-refractivity contribution in [2.45, 2.75) is 39.0 Å². The molecule has 2 aromatic rings. The number of benzene rings is 1. The minimum Gasteiger partial charge on any atom is -0.494 e. The number of aromatic nitrogens is 1. The molecule has 0 bridgehead atoms. The van der Waals surface area contributed by atoms with Crippen LogP contribution in [0.3, 0.4) is 0 Å². The summed E-state index contributed by atoms with van der Waals surface area (Å²) in [6.45, 7) is 3.33. The van der Waals surface area contributed by atoms with E-state index < -0.39 is 0 Å². The van der Waals surface area contributed by atoms with Crippen molar-refractivity contribution in [3.8, 4) is 17.0 Å². The topological polar surface area (TPSA) is 77.2 Å². The van der Waals surface area contributed by atoms with Gasteiger partial charge in [-0.2, -0.15) is 0 Å². The number of carbonyl (C=O) groups excluding carboxylic acids is 1. The molecule has 0 aliphatic heterocycles. The number of nitrogens with two attached hydrogens (primary N) is 1. The van der Waals surface area contributed by atoms with Crippen LogP contribution in [0, 0.1) is 0 Å². The van der Waals surface area contributed by atoms with Gasteiger partial charge in [-0.25, -0.2) is 4.98 Å². The molecule has 1 aromatic carbocycles. The first-order valence-corrected chi connectivity index (χ1v) is 9.29. The summed E-state index contributed by atoms with van der Waals surface area (Å²) in [6, 6.07) is 7.81. The Morgan fingerprint density at radius 3 is 2.60 bits per heavy atom. The molecule has 5 nitrogen and oxygen atoms in total. The summed E-state index contributed by atoms with van der Waals surface area (Å²) in [5.41, 5.74) is 7.33. The van der Waals surface area contributed by atoms with Gasteiger partial charge in [0.15, 0.2) is 5.13 Å². The summed E-state index contributed by atoms with van der Waals surface area (Å²) in [5, 5.41) is 5.47. The van der Waals surface area contributed by atoms with E-state index in [2.05, 4.69) is 10.3 Å². The molecule has 0 saturated carbocycles. The monoisotopic (exact) mass is 383 g/mol. The van der Waals surface area contributed by atoms with Crippen molar-refractivity contribution >= 4 is 34.8 Å². The number of hydrogen-bond donors (Lipinski definition) is 2. The highest BCUT2D eigenvalue weighted by molar-refractivity contribution is 7.14. The van der Waals surface area contributed by atoms with Gasteiger partial charge in [0, 0.05) is 17.4 Å². The van der Waals surface area contributed by atoms with Gasteiger partial charge in [0.25, 0.3) is 0 Å². The number of thiazole rings is 1. The first kappa shape index (κ1) is 21.4. The van der Waals surface area contributed by atoms with Crippen LogP contribution < -0.4 is 15.8 Å². The number of nitrogens with one attached hydrogen (secondary N) is 1. The molecule has 0 spiro atoms. The summed E-state index contributed by atoms with van der Waals surface area (Å²) < 4.78 is 5.43. The predicted octanol–water partition coefficient (Wildman–Crippen LogP) is 4.48. The number of unbranched alkanes of at least 4 members (excludes halogenated alkanes) is 3. The third-order valence-corrected chi connectivity index (χ3v) is 4.33. The molecule has 3 N–H and O–H groups in total. The minimum absolute atomic E-state index is 0. The van der Waals surface area contributed by atoms with E-state index in [0.29, 0.717) is 18.2 Å². The lowest BCUT2D eigenvalue weighted by Crippen LogP contribution is -2.10. The maximum absolute atomic E-state index is 11.9. The second-order valence-electron chi connectivity index (χ2n) is 5.50. The Hall–Kier alpha value is -1.63. The summed E-state index contributed by atoms with van der Waals surface area (Å²) in [5.74, 6) is 0.870. The molecule has 0 unspecified atom stereocenters. The van der Waals surface area contributed by atoms with E-state index in [9.17, 15) is 4.79 Å². The van der Waals surface area contributed by atoms with E-state index in [1.165, 1.54) is 11.3 Å². The van der Waals surface area contributed by atoms with Crippen molar-refractivity contribution in [3.63, 3.8) is 0 Å². The van der Waals surface area contributed by atoms with Crippen LogP contribution in [0.4, 0.5) is 5.13 Å². The summed E-state index contributed by atoms with van der Waals surface area (Å²) >= 11 is 1.44. The molecule has 1 amide bonds.